The lowest BCUT2D eigenvalue weighted by Gasteiger charge is -2.11. The normalized spacial score (nSPS) is 12.2. The lowest BCUT2D eigenvalue weighted by Crippen LogP contribution is -2.12. The standard InChI is InChI=1S/C25H28Cl2N2O4/c1-16(11-23(31)32)10-22(30)24-20-13-19(27)14-28-25(20)29(2)21(24)8-3-4-9-33-15-17-6-5-7-18(26)12-17/h5-7,12-14,16H,3-4,8-11,15H2,1-2H3,(H,31,32)/t16-/m0/s1. The Hall–Kier alpha value is -2.41. The molecule has 0 aliphatic heterocycles. The molecule has 0 bridgehead atoms. The Morgan fingerprint density at radius 3 is 2.67 bits per heavy atom. The number of unbranched alkanes of at least 4 members (excludes halogenated alkanes) is 1. The van der Waals surface area contributed by atoms with Crippen LogP contribution in [-0.2, 0) is 29.6 Å². The molecule has 2 heterocycles. The fourth-order valence-electron chi connectivity index (χ4n) is 4.04. The van der Waals surface area contributed by atoms with E-state index in [4.69, 9.17) is 33.0 Å². The molecule has 3 aromatic rings. The maximum Gasteiger partial charge on any atom is 0.303 e. The Labute approximate surface area is 203 Å². The molecule has 0 fully saturated rings. The minimum Gasteiger partial charge on any atom is -0.481 e. The number of carbonyl (C=O) groups excluding carboxylic acids is 1. The molecule has 1 aromatic carbocycles. The van der Waals surface area contributed by atoms with E-state index in [0.29, 0.717) is 46.3 Å². The first-order chi connectivity index (χ1) is 15.8. The van der Waals surface area contributed by atoms with E-state index in [0.717, 1.165) is 24.1 Å². The predicted molar refractivity (Wildman–Crippen MR) is 130 cm³/mol. The van der Waals surface area contributed by atoms with Crippen LogP contribution in [0, 0.1) is 5.92 Å². The van der Waals surface area contributed by atoms with E-state index in [1.54, 1.807) is 19.2 Å². The van der Waals surface area contributed by atoms with E-state index in [9.17, 15) is 9.59 Å². The largest absolute Gasteiger partial charge is 0.481 e. The van der Waals surface area contributed by atoms with E-state index in [1.807, 2.05) is 35.9 Å². The second-order valence-electron chi connectivity index (χ2n) is 8.38. The number of carboxylic acids is 1. The van der Waals surface area contributed by atoms with Gasteiger partial charge in [-0.3, -0.25) is 9.59 Å². The van der Waals surface area contributed by atoms with E-state index in [1.165, 1.54) is 0 Å². The van der Waals surface area contributed by atoms with Gasteiger partial charge >= 0.3 is 5.97 Å². The number of Topliss-reactive ketones (excluding diaryl/α,β-unsaturated/α-hetero) is 1. The second kappa shape index (κ2) is 11.6. The van der Waals surface area contributed by atoms with Crippen molar-refractivity contribution in [2.24, 2.45) is 13.0 Å². The van der Waals surface area contributed by atoms with Gasteiger partial charge in [0.15, 0.2) is 5.78 Å². The quantitative estimate of drug-likeness (QED) is 0.245. The van der Waals surface area contributed by atoms with Gasteiger partial charge in [0.05, 0.1) is 11.6 Å². The number of ether oxygens (including phenoxy) is 1. The van der Waals surface area contributed by atoms with E-state index in [2.05, 4.69) is 4.98 Å². The second-order valence-corrected chi connectivity index (χ2v) is 9.25. The maximum absolute atomic E-state index is 13.2. The van der Waals surface area contributed by atoms with Crippen LogP contribution in [0.2, 0.25) is 10.0 Å². The number of carbonyl (C=O) groups is 2. The molecule has 0 unspecified atom stereocenters. The molecule has 6 nitrogen and oxygen atoms in total. The average Bonchev–Trinajstić information content (AvgIpc) is 3.01. The van der Waals surface area contributed by atoms with Crippen molar-refractivity contribution < 1.29 is 19.4 Å². The van der Waals surface area contributed by atoms with Gasteiger partial charge in [-0.2, -0.15) is 0 Å². The van der Waals surface area contributed by atoms with Crippen molar-refractivity contribution in [3.05, 3.63) is 63.4 Å². The fraction of sp³-hybridized carbons (Fsp3) is 0.400. The highest BCUT2D eigenvalue weighted by molar-refractivity contribution is 6.31. The number of hydrogen-bond donors (Lipinski definition) is 1. The van der Waals surface area contributed by atoms with Crippen LogP contribution >= 0.6 is 23.2 Å². The van der Waals surface area contributed by atoms with Gasteiger partial charge in [-0.15, -0.1) is 0 Å². The highest BCUT2D eigenvalue weighted by Gasteiger charge is 2.24. The first-order valence-electron chi connectivity index (χ1n) is 11.0. The monoisotopic (exact) mass is 490 g/mol. The van der Waals surface area contributed by atoms with Gasteiger partial charge in [-0.1, -0.05) is 42.3 Å². The molecular formula is C25H28Cl2N2O4. The van der Waals surface area contributed by atoms with Crippen LogP contribution in [-0.4, -0.2) is 33.0 Å². The third-order valence-electron chi connectivity index (χ3n) is 5.56. The number of hydrogen-bond acceptors (Lipinski definition) is 4. The van der Waals surface area contributed by atoms with E-state index >= 15 is 0 Å². The number of fused-ring (bicyclic) bond motifs is 1. The van der Waals surface area contributed by atoms with Crippen LogP contribution in [0.5, 0.6) is 0 Å². The van der Waals surface area contributed by atoms with Gasteiger partial charge in [0.25, 0.3) is 0 Å². The zero-order valence-electron chi connectivity index (χ0n) is 18.8. The zero-order valence-corrected chi connectivity index (χ0v) is 20.3. The number of halogens is 2. The van der Waals surface area contributed by atoms with Gasteiger partial charge in [0.1, 0.15) is 5.65 Å². The summed E-state index contributed by atoms with van der Waals surface area (Å²) < 4.78 is 7.71. The summed E-state index contributed by atoms with van der Waals surface area (Å²) in [7, 11) is 1.89. The molecular weight excluding hydrogens is 463 g/mol. The summed E-state index contributed by atoms with van der Waals surface area (Å²) in [6.07, 6.45) is 4.03. The predicted octanol–water partition coefficient (Wildman–Crippen LogP) is 6.10. The summed E-state index contributed by atoms with van der Waals surface area (Å²) in [5, 5.41) is 10.9. The van der Waals surface area contributed by atoms with E-state index in [-0.39, 0.29) is 24.5 Å². The van der Waals surface area contributed by atoms with Crippen molar-refractivity contribution in [2.45, 2.75) is 45.6 Å². The van der Waals surface area contributed by atoms with Gasteiger partial charge in [-0.05, 0) is 48.9 Å². The number of aromatic nitrogens is 2. The molecule has 8 heteroatoms. The molecule has 1 N–H and O–H groups in total. The van der Waals surface area contributed by atoms with Crippen LogP contribution in [0.1, 0.15) is 54.2 Å². The fourth-order valence-corrected chi connectivity index (χ4v) is 4.41. The molecule has 3 rings (SSSR count). The number of benzene rings is 1. The maximum atomic E-state index is 13.2. The van der Waals surface area contributed by atoms with Gasteiger partial charge < -0.3 is 14.4 Å². The van der Waals surface area contributed by atoms with Crippen LogP contribution in [0.25, 0.3) is 11.0 Å². The highest BCUT2D eigenvalue weighted by atomic mass is 35.5. The number of pyridine rings is 1. The van der Waals surface area contributed by atoms with Gasteiger partial charge in [-0.25, -0.2) is 4.98 Å². The van der Waals surface area contributed by atoms with Crippen LogP contribution in [0.3, 0.4) is 0 Å². The first-order valence-corrected chi connectivity index (χ1v) is 11.7. The summed E-state index contributed by atoms with van der Waals surface area (Å²) in [5.74, 6) is -1.24. The molecule has 0 amide bonds. The minimum atomic E-state index is -0.907. The Bertz CT molecular complexity index is 1140. The molecule has 0 aliphatic rings. The summed E-state index contributed by atoms with van der Waals surface area (Å²) in [4.78, 5) is 28.7. The molecule has 33 heavy (non-hydrogen) atoms. The molecule has 0 spiro atoms. The van der Waals surface area contributed by atoms with E-state index < -0.39 is 5.97 Å². The number of aliphatic carboxylic acids is 1. The zero-order chi connectivity index (χ0) is 24.0. The van der Waals surface area contributed by atoms with Crippen LogP contribution < -0.4 is 0 Å². The number of ketones is 1. The molecule has 176 valence electrons. The lowest BCUT2D eigenvalue weighted by molar-refractivity contribution is -0.137. The minimum absolute atomic E-state index is 0.0468. The summed E-state index contributed by atoms with van der Waals surface area (Å²) in [5.41, 5.74) is 3.21. The highest BCUT2D eigenvalue weighted by Crippen LogP contribution is 2.30. The van der Waals surface area contributed by atoms with Crippen molar-refractivity contribution in [3.8, 4) is 0 Å². The number of aryl methyl sites for hydroxylation is 1. The van der Waals surface area contributed by atoms with Gasteiger partial charge in [0, 0.05) is 54.4 Å². The Morgan fingerprint density at radius 1 is 1.15 bits per heavy atom. The van der Waals surface area contributed by atoms with Crippen molar-refractivity contribution in [2.75, 3.05) is 6.61 Å². The number of carboxylic acid groups (broad SMARTS) is 1. The summed E-state index contributed by atoms with van der Waals surface area (Å²) in [6, 6.07) is 9.35. The third kappa shape index (κ3) is 6.79. The van der Waals surface area contributed by atoms with Crippen molar-refractivity contribution in [3.63, 3.8) is 0 Å². The van der Waals surface area contributed by atoms with Crippen molar-refractivity contribution in [1.29, 1.82) is 0 Å². The SMILES string of the molecule is C[C@H](CC(=O)O)CC(=O)c1c(CCCCOCc2cccc(Cl)c2)n(C)c2ncc(Cl)cc12. The molecule has 0 aliphatic carbocycles. The van der Waals surface area contributed by atoms with Gasteiger partial charge in [0.2, 0.25) is 0 Å². The topological polar surface area (TPSA) is 81.4 Å². The Kier molecular flexibility index (Phi) is 8.89. The van der Waals surface area contributed by atoms with Crippen molar-refractivity contribution in [1.82, 2.24) is 9.55 Å². The summed E-state index contributed by atoms with van der Waals surface area (Å²) in [6.45, 7) is 2.88. The molecule has 1 atom stereocenters. The van der Waals surface area contributed by atoms with Crippen LogP contribution in [0.4, 0.5) is 0 Å². The van der Waals surface area contributed by atoms with Crippen molar-refractivity contribution >= 4 is 46.0 Å². The number of nitrogens with zero attached hydrogens (tertiary/aromatic N) is 2. The summed E-state index contributed by atoms with van der Waals surface area (Å²) >= 11 is 12.2. The average molecular weight is 491 g/mol. The molecule has 0 saturated carbocycles. The number of rotatable bonds is 12. The lowest BCUT2D eigenvalue weighted by atomic mass is 9.94. The molecule has 0 saturated heterocycles. The Morgan fingerprint density at radius 2 is 1.94 bits per heavy atom. The smallest absolute Gasteiger partial charge is 0.303 e. The molecule has 2 aromatic heterocycles. The van der Waals surface area contributed by atoms with Crippen LogP contribution in [0.15, 0.2) is 36.5 Å². The Balaban J connectivity index is 1.68. The first kappa shape index (κ1) is 25.2. The molecule has 0 radical (unpaired) electrons. The third-order valence-corrected chi connectivity index (χ3v) is 6.00.